The zero-order valence-corrected chi connectivity index (χ0v) is 13.9. The fourth-order valence-electron chi connectivity index (χ4n) is 2.63. The van der Waals surface area contributed by atoms with Crippen LogP contribution in [0.1, 0.15) is 23.3 Å². The molecule has 0 unspecified atom stereocenters. The molecule has 0 bridgehead atoms. The fourth-order valence-corrected chi connectivity index (χ4v) is 2.63. The predicted octanol–water partition coefficient (Wildman–Crippen LogP) is 2.87. The van der Waals surface area contributed by atoms with E-state index in [2.05, 4.69) is 20.7 Å². The molecule has 0 spiro atoms. The van der Waals surface area contributed by atoms with Crippen molar-refractivity contribution in [2.45, 2.75) is 12.8 Å². The fraction of sp³-hybridized carbons (Fsp3) is 0.158. The molecule has 0 atom stereocenters. The topological polar surface area (TPSA) is 88.9 Å². The third-order valence-corrected chi connectivity index (χ3v) is 4.12. The third kappa shape index (κ3) is 3.46. The van der Waals surface area contributed by atoms with E-state index in [-0.39, 0.29) is 17.7 Å². The Morgan fingerprint density at radius 1 is 0.962 bits per heavy atom. The Kier molecular flexibility index (Phi) is 4.18. The maximum absolute atomic E-state index is 12.6. The average molecular weight is 347 g/mol. The highest BCUT2D eigenvalue weighted by Crippen LogP contribution is 2.30. The van der Waals surface area contributed by atoms with Crippen LogP contribution in [0.3, 0.4) is 0 Å². The van der Waals surface area contributed by atoms with E-state index in [1.807, 2.05) is 0 Å². The second-order valence-corrected chi connectivity index (χ2v) is 6.13. The Morgan fingerprint density at radius 2 is 1.69 bits per heavy atom. The molecule has 1 aromatic carbocycles. The average Bonchev–Trinajstić information content (AvgIpc) is 3.39. The normalized spacial score (nSPS) is 13.2. The van der Waals surface area contributed by atoms with Crippen LogP contribution in [-0.2, 0) is 4.79 Å². The zero-order valence-electron chi connectivity index (χ0n) is 13.9. The Labute approximate surface area is 150 Å². The summed E-state index contributed by atoms with van der Waals surface area (Å²) in [7, 11) is 0. The van der Waals surface area contributed by atoms with Crippen LogP contribution in [0.2, 0.25) is 0 Å². The van der Waals surface area contributed by atoms with Crippen molar-refractivity contribution in [3.8, 4) is 5.69 Å². The zero-order chi connectivity index (χ0) is 17.9. The molecule has 0 aliphatic heterocycles. The summed E-state index contributed by atoms with van der Waals surface area (Å²) < 4.78 is 1.55. The van der Waals surface area contributed by atoms with Crippen LogP contribution < -0.4 is 10.6 Å². The number of anilines is 2. The molecule has 26 heavy (non-hydrogen) atoms. The van der Waals surface area contributed by atoms with E-state index in [1.165, 1.54) is 0 Å². The summed E-state index contributed by atoms with van der Waals surface area (Å²) in [6.07, 6.45) is 6.75. The van der Waals surface area contributed by atoms with Gasteiger partial charge in [0.1, 0.15) is 5.69 Å². The Morgan fingerprint density at radius 3 is 2.42 bits per heavy atom. The van der Waals surface area contributed by atoms with Gasteiger partial charge in [0.2, 0.25) is 5.91 Å². The van der Waals surface area contributed by atoms with Gasteiger partial charge < -0.3 is 10.6 Å². The first-order valence-corrected chi connectivity index (χ1v) is 8.37. The largest absolute Gasteiger partial charge is 0.326 e. The number of benzene rings is 1. The van der Waals surface area contributed by atoms with Gasteiger partial charge >= 0.3 is 0 Å². The van der Waals surface area contributed by atoms with Crippen LogP contribution in [0.5, 0.6) is 0 Å². The minimum atomic E-state index is -0.287. The predicted molar refractivity (Wildman–Crippen MR) is 97.1 cm³/mol. The van der Waals surface area contributed by atoms with Gasteiger partial charge in [-0.15, -0.1) is 0 Å². The number of carbonyl (C=O) groups excluding carboxylic acids is 2. The maximum atomic E-state index is 12.6. The molecule has 2 N–H and O–H groups in total. The summed E-state index contributed by atoms with van der Waals surface area (Å²) in [4.78, 5) is 28.5. The lowest BCUT2D eigenvalue weighted by Gasteiger charge is -2.10. The Hall–Kier alpha value is -3.48. The van der Waals surface area contributed by atoms with Crippen molar-refractivity contribution in [1.82, 2.24) is 14.8 Å². The van der Waals surface area contributed by atoms with Crippen molar-refractivity contribution >= 4 is 23.2 Å². The second kappa shape index (κ2) is 6.79. The van der Waals surface area contributed by atoms with Crippen molar-refractivity contribution in [3.63, 3.8) is 0 Å². The van der Waals surface area contributed by atoms with Crippen LogP contribution in [-0.4, -0.2) is 26.6 Å². The van der Waals surface area contributed by atoms with E-state index >= 15 is 0 Å². The molecular formula is C19H17N5O2. The number of nitrogens with one attached hydrogen (secondary N) is 2. The number of pyridine rings is 1. The van der Waals surface area contributed by atoms with Gasteiger partial charge in [-0.1, -0.05) is 6.07 Å². The molecule has 1 saturated carbocycles. The minimum Gasteiger partial charge on any atom is -0.326 e. The summed E-state index contributed by atoms with van der Waals surface area (Å²) in [5.41, 5.74) is 2.43. The molecule has 7 heteroatoms. The summed E-state index contributed by atoms with van der Waals surface area (Å²) in [6, 6.07) is 12.3. The number of carbonyl (C=O) groups is 2. The van der Waals surface area contributed by atoms with Gasteiger partial charge in [0.15, 0.2) is 0 Å². The highest BCUT2D eigenvalue weighted by Gasteiger charge is 2.29. The van der Waals surface area contributed by atoms with Gasteiger partial charge in [-0.25, -0.2) is 4.68 Å². The smallest absolute Gasteiger partial charge is 0.274 e. The third-order valence-electron chi connectivity index (χ3n) is 4.12. The van der Waals surface area contributed by atoms with Gasteiger partial charge in [-0.3, -0.25) is 14.6 Å². The molecule has 2 amide bonds. The van der Waals surface area contributed by atoms with Crippen molar-refractivity contribution in [2.24, 2.45) is 5.92 Å². The molecule has 1 aliphatic carbocycles. The van der Waals surface area contributed by atoms with E-state index in [4.69, 9.17) is 0 Å². The first kappa shape index (κ1) is 16.0. The number of nitrogens with zero attached hydrogens (tertiary/aromatic N) is 3. The first-order valence-electron chi connectivity index (χ1n) is 8.37. The molecule has 1 aliphatic rings. The van der Waals surface area contributed by atoms with Crippen LogP contribution in [0.25, 0.3) is 5.69 Å². The summed E-state index contributed by atoms with van der Waals surface area (Å²) in [5.74, 6) is -0.128. The van der Waals surface area contributed by atoms with E-state index in [0.29, 0.717) is 17.1 Å². The number of aromatic nitrogens is 3. The van der Waals surface area contributed by atoms with Crippen molar-refractivity contribution in [2.75, 3.05) is 10.6 Å². The van der Waals surface area contributed by atoms with Gasteiger partial charge in [0, 0.05) is 29.7 Å². The molecule has 4 rings (SSSR count). The summed E-state index contributed by atoms with van der Waals surface area (Å²) in [6.45, 7) is 0. The lowest BCUT2D eigenvalue weighted by Crippen LogP contribution is -2.17. The summed E-state index contributed by atoms with van der Waals surface area (Å²) in [5, 5.41) is 9.92. The van der Waals surface area contributed by atoms with Gasteiger partial charge in [-0.05, 0) is 49.2 Å². The highest BCUT2D eigenvalue weighted by atomic mass is 16.2. The Balaban J connectivity index is 1.50. The number of hydrogen-bond acceptors (Lipinski definition) is 4. The minimum absolute atomic E-state index is 0.0317. The molecule has 0 saturated heterocycles. The number of amides is 2. The number of rotatable bonds is 5. The SMILES string of the molecule is O=C(Nc1cccc(NC(=O)C2CC2)c1)c1ccnn1-c1ccncc1. The van der Waals surface area contributed by atoms with Crippen LogP contribution >= 0.6 is 0 Å². The van der Waals surface area contributed by atoms with Gasteiger partial charge in [0.25, 0.3) is 5.91 Å². The highest BCUT2D eigenvalue weighted by molar-refractivity contribution is 6.04. The van der Waals surface area contributed by atoms with E-state index < -0.39 is 0 Å². The van der Waals surface area contributed by atoms with Crippen LogP contribution in [0.4, 0.5) is 11.4 Å². The number of hydrogen-bond donors (Lipinski definition) is 2. The van der Waals surface area contributed by atoms with Gasteiger partial charge in [0.05, 0.1) is 11.9 Å². The molecule has 2 aromatic heterocycles. The Bertz CT molecular complexity index is 947. The molecule has 7 nitrogen and oxygen atoms in total. The first-order chi connectivity index (χ1) is 12.7. The monoisotopic (exact) mass is 347 g/mol. The second-order valence-electron chi connectivity index (χ2n) is 6.13. The quantitative estimate of drug-likeness (QED) is 0.743. The lowest BCUT2D eigenvalue weighted by molar-refractivity contribution is -0.117. The molecular weight excluding hydrogens is 330 g/mol. The molecule has 1 fully saturated rings. The molecule has 0 radical (unpaired) electrons. The molecule has 3 aromatic rings. The van der Waals surface area contributed by atoms with Gasteiger partial charge in [-0.2, -0.15) is 5.10 Å². The van der Waals surface area contributed by atoms with E-state index in [0.717, 1.165) is 18.5 Å². The van der Waals surface area contributed by atoms with Crippen LogP contribution in [0, 0.1) is 5.92 Å². The van der Waals surface area contributed by atoms with Crippen molar-refractivity contribution in [3.05, 3.63) is 66.7 Å². The maximum Gasteiger partial charge on any atom is 0.274 e. The van der Waals surface area contributed by atoms with E-state index in [9.17, 15) is 9.59 Å². The molecule has 2 heterocycles. The molecule has 130 valence electrons. The summed E-state index contributed by atoms with van der Waals surface area (Å²) >= 11 is 0. The standard InChI is InChI=1S/C19H17N5O2/c25-18(13-4-5-13)22-14-2-1-3-15(12-14)23-19(26)17-8-11-21-24(17)16-6-9-20-10-7-16/h1-3,6-13H,4-5H2,(H,22,25)(H,23,26). The van der Waals surface area contributed by atoms with Crippen molar-refractivity contribution < 1.29 is 9.59 Å². The van der Waals surface area contributed by atoms with Crippen LogP contribution in [0.15, 0.2) is 61.1 Å². The lowest BCUT2D eigenvalue weighted by atomic mass is 10.2. The van der Waals surface area contributed by atoms with E-state index in [1.54, 1.807) is 65.7 Å². The van der Waals surface area contributed by atoms with Crippen molar-refractivity contribution in [1.29, 1.82) is 0 Å².